The number of hydrogen-bond donors (Lipinski definition) is 0. The van der Waals surface area contributed by atoms with Gasteiger partial charge in [0.05, 0.1) is 11.4 Å². The molecule has 1 fully saturated rings. The van der Waals surface area contributed by atoms with E-state index in [9.17, 15) is 0 Å². The second-order valence-electron chi connectivity index (χ2n) is 7.93. The summed E-state index contributed by atoms with van der Waals surface area (Å²) in [7, 11) is 0. The zero-order valence-electron chi connectivity index (χ0n) is 17.7. The van der Waals surface area contributed by atoms with E-state index in [0.29, 0.717) is 0 Å². The van der Waals surface area contributed by atoms with E-state index in [2.05, 4.69) is 43.5 Å². The molecular weight excluding hydrogens is 376 g/mol. The van der Waals surface area contributed by atoms with Crippen molar-refractivity contribution in [3.05, 3.63) is 65.6 Å². The van der Waals surface area contributed by atoms with Crippen molar-refractivity contribution in [1.29, 1.82) is 0 Å². The van der Waals surface area contributed by atoms with Gasteiger partial charge in [-0.3, -0.25) is 4.90 Å². The molecule has 154 valence electrons. The number of rotatable bonds is 4. The quantitative estimate of drug-likeness (QED) is 0.523. The molecule has 4 aromatic rings. The number of nitrogens with zero attached hydrogens (tertiary/aromatic N) is 8. The molecule has 0 N–H and O–H groups in total. The molecular formula is C22H26N8. The Kier molecular flexibility index (Phi) is 4.71. The summed E-state index contributed by atoms with van der Waals surface area (Å²) in [6, 6.07) is 10.2. The van der Waals surface area contributed by atoms with Crippen molar-refractivity contribution in [2.75, 3.05) is 31.1 Å². The van der Waals surface area contributed by atoms with Crippen molar-refractivity contribution in [3.8, 4) is 5.82 Å². The standard InChI is InChI=1S/C22H26N8/c1-16-12-17(2)30(26-16)22-13-21(23-18(3)24-22)28-10-8-27(9-11-28)14-19-15-29-7-5-4-6-20(29)25-19/h4-7,12-13,15H,8-11,14H2,1-3H3. The molecule has 8 nitrogen and oxygen atoms in total. The molecule has 30 heavy (non-hydrogen) atoms. The minimum absolute atomic E-state index is 0.766. The Balaban J connectivity index is 1.29. The molecule has 1 aliphatic rings. The number of aryl methyl sites for hydroxylation is 3. The van der Waals surface area contributed by atoms with Crippen molar-refractivity contribution < 1.29 is 0 Å². The summed E-state index contributed by atoms with van der Waals surface area (Å²) in [5.41, 5.74) is 4.18. The summed E-state index contributed by atoms with van der Waals surface area (Å²) in [5, 5.41) is 4.58. The molecule has 0 aromatic carbocycles. The SMILES string of the molecule is Cc1cc(C)n(-c2cc(N3CCN(Cc4cn5ccccc5n4)CC3)nc(C)n2)n1. The van der Waals surface area contributed by atoms with Gasteiger partial charge in [-0.15, -0.1) is 0 Å². The summed E-state index contributed by atoms with van der Waals surface area (Å²) < 4.78 is 3.98. The summed E-state index contributed by atoms with van der Waals surface area (Å²) in [6.07, 6.45) is 4.16. The minimum atomic E-state index is 0.766. The maximum Gasteiger partial charge on any atom is 0.159 e. The van der Waals surface area contributed by atoms with Gasteiger partial charge in [0, 0.05) is 56.9 Å². The maximum atomic E-state index is 4.73. The highest BCUT2D eigenvalue weighted by atomic mass is 15.3. The van der Waals surface area contributed by atoms with Crippen LogP contribution in [0, 0.1) is 20.8 Å². The molecule has 0 atom stereocenters. The third-order valence-electron chi connectivity index (χ3n) is 5.53. The highest BCUT2D eigenvalue weighted by molar-refractivity contribution is 5.45. The summed E-state index contributed by atoms with van der Waals surface area (Å²) >= 11 is 0. The van der Waals surface area contributed by atoms with Crippen LogP contribution in [-0.2, 0) is 6.54 Å². The lowest BCUT2D eigenvalue weighted by Gasteiger charge is -2.35. The lowest BCUT2D eigenvalue weighted by molar-refractivity contribution is 0.247. The number of pyridine rings is 1. The van der Waals surface area contributed by atoms with Crippen LogP contribution in [0.25, 0.3) is 11.5 Å². The molecule has 0 saturated carbocycles. The van der Waals surface area contributed by atoms with E-state index < -0.39 is 0 Å². The van der Waals surface area contributed by atoms with Gasteiger partial charge >= 0.3 is 0 Å². The molecule has 0 bridgehead atoms. The molecule has 0 unspecified atom stereocenters. The van der Waals surface area contributed by atoms with Gasteiger partial charge in [-0.2, -0.15) is 5.10 Å². The number of anilines is 1. The van der Waals surface area contributed by atoms with E-state index in [1.807, 2.05) is 49.0 Å². The smallest absolute Gasteiger partial charge is 0.159 e. The van der Waals surface area contributed by atoms with Gasteiger partial charge in [0.15, 0.2) is 5.82 Å². The van der Waals surface area contributed by atoms with Crippen LogP contribution in [0.4, 0.5) is 5.82 Å². The highest BCUT2D eigenvalue weighted by Gasteiger charge is 2.20. The highest BCUT2D eigenvalue weighted by Crippen LogP contribution is 2.19. The van der Waals surface area contributed by atoms with E-state index in [1.165, 1.54) is 0 Å². The van der Waals surface area contributed by atoms with Crippen LogP contribution < -0.4 is 4.90 Å². The molecule has 5 rings (SSSR count). The zero-order chi connectivity index (χ0) is 20.7. The van der Waals surface area contributed by atoms with E-state index in [-0.39, 0.29) is 0 Å². The first-order valence-electron chi connectivity index (χ1n) is 10.3. The Morgan fingerprint density at radius 2 is 1.70 bits per heavy atom. The van der Waals surface area contributed by atoms with Crippen LogP contribution in [0.5, 0.6) is 0 Å². The molecule has 0 spiro atoms. The number of fused-ring (bicyclic) bond motifs is 1. The van der Waals surface area contributed by atoms with Gasteiger partial charge in [0.1, 0.15) is 17.3 Å². The zero-order valence-corrected chi connectivity index (χ0v) is 17.7. The van der Waals surface area contributed by atoms with Gasteiger partial charge in [0.2, 0.25) is 0 Å². The van der Waals surface area contributed by atoms with E-state index in [0.717, 1.165) is 72.9 Å². The first-order chi connectivity index (χ1) is 14.5. The van der Waals surface area contributed by atoms with Crippen molar-refractivity contribution in [3.63, 3.8) is 0 Å². The van der Waals surface area contributed by atoms with Crippen LogP contribution in [0.1, 0.15) is 22.9 Å². The van der Waals surface area contributed by atoms with Gasteiger partial charge in [-0.25, -0.2) is 19.6 Å². The number of hydrogen-bond acceptors (Lipinski definition) is 6. The van der Waals surface area contributed by atoms with Crippen LogP contribution in [-0.4, -0.2) is 60.2 Å². The summed E-state index contributed by atoms with van der Waals surface area (Å²) in [5.74, 6) is 2.56. The van der Waals surface area contributed by atoms with Gasteiger partial charge < -0.3 is 9.30 Å². The fourth-order valence-electron chi connectivity index (χ4n) is 4.10. The predicted octanol–water partition coefficient (Wildman–Crippen LogP) is 2.56. The third kappa shape index (κ3) is 3.66. The average Bonchev–Trinajstić information content (AvgIpc) is 3.29. The Bertz CT molecular complexity index is 1150. The molecule has 0 amide bonds. The summed E-state index contributed by atoms with van der Waals surface area (Å²) in [6.45, 7) is 10.7. The van der Waals surface area contributed by atoms with Crippen LogP contribution in [0.3, 0.4) is 0 Å². The summed E-state index contributed by atoms with van der Waals surface area (Å²) in [4.78, 5) is 18.8. The lowest BCUT2D eigenvalue weighted by Crippen LogP contribution is -2.46. The van der Waals surface area contributed by atoms with Crippen molar-refractivity contribution in [1.82, 2.24) is 34.0 Å². The molecule has 1 saturated heterocycles. The Hall–Kier alpha value is -3.26. The fourth-order valence-corrected chi connectivity index (χ4v) is 4.10. The van der Waals surface area contributed by atoms with Crippen LogP contribution in [0.2, 0.25) is 0 Å². The minimum Gasteiger partial charge on any atom is -0.354 e. The molecule has 4 aromatic heterocycles. The average molecular weight is 403 g/mol. The van der Waals surface area contributed by atoms with Crippen LogP contribution >= 0.6 is 0 Å². The first-order valence-corrected chi connectivity index (χ1v) is 10.3. The molecule has 8 heteroatoms. The second-order valence-corrected chi connectivity index (χ2v) is 7.93. The van der Waals surface area contributed by atoms with Crippen LogP contribution in [0.15, 0.2) is 42.7 Å². The van der Waals surface area contributed by atoms with Crippen molar-refractivity contribution in [2.45, 2.75) is 27.3 Å². The molecule has 0 radical (unpaired) electrons. The maximum absolute atomic E-state index is 4.73. The number of piperazine rings is 1. The molecule has 0 aliphatic carbocycles. The van der Waals surface area contributed by atoms with E-state index in [1.54, 1.807) is 0 Å². The second kappa shape index (κ2) is 7.53. The third-order valence-corrected chi connectivity index (χ3v) is 5.53. The Labute approximate surface area is 175 Å². The molecule has 5 heterocycles. The van der Waals surface area contributed by atoms with Gasteiger partial charge in [-0.1, -0.05) is 6.07 Å². The lowest BCUT2D eigenvalue weighted by atomic mass is 10.3. The van der Waals surface area contributed by atoms with Crippen molar-refractivity contribution >= 4 is 11.5 Å². The Morgan fingerprint density at radius 3 is 2.43 bits per heavy atom. The van der Waals surface area contributed by atoms with E-state index in [4.69, 9.17) is 9.97 Å². The fraction of sp³-hybridized carbons (Fsp3) is 0.364. The largest absolute Gasteiger partial charge is 0.354 e. The van der Waals surface area contributed by atoms with Gasteiger partial charge in [0.25, 0.3) is 0 Å². The van der Waals surface area contributed by atoms with Gasteiger partial charge in [-0.05, 0) is 39.0 Å². The Morgan fingerprint density at radius 1 is 0.900 bits per heavy atom. The number of imidazole rings is 1. The monoisotopic (exact) mass is 402 g/mol. The van der Waals surface area contributed by atoms with Crippen molar-refractivity contribution in [2.24, 2.45) is 0 Å². The number of aromatic nitrogens is 6. The normalized spacial score (nSPS) is 15.2. The topological polar surface area (TPSA) is 67.4 Å². The van der Waals surface area contributed by atoms with E-state index >= 15 is 0 Å². The first kappa shape index (κ1) is 18.7. The molecule has 1 aliphatic heterocycles. The predicted molar refractivity (Wildman–Crippen MR) is 116 cm³/mol.